The number of amides is 1. The van der Waals surface area contributed by atoms with Crippen molar-refractivity contribution in [3.05, 3.63) is 63.9 Å². The van der Waals surface area contributed by atoms with Gasteiger partial charge in [0, 0.05) is 23.8 Å². The molecule has 0 aliphatic rings. The van der Waals surface area contributed by atoms with Crippen LogP contribution in [-0.4, -0.2) is 31.2 Å². The fraction of sp³-hybridized carbons (Fsp3) is 0.158. The molecule has 3 rings (SSSR count). The normalized spacial score (nSPS) is 11.3. The largest absolute Gasteiger partial charge is 0.497 e. The molecule has 0 spiro atoms. The van der Waals surface area contributed by atoms with E-state index in [0.717, 1.165) is 0 Å². The molecule has 0 saturated carbocycles. The van der Waals surface area contributed by atoms with Gasteiger partial charge in [0.05, 0.1) is 27.6 Å². The highest BCUT2D eigenvalue weighted by Gasteiger charge is 2.22. The molecular formula is C19H17Cl2N3O4S. The monoisotopic (exact) mass is 453 g/mol. The summed E-state index contributed by atoms with van der Waals surface area (Å²) in [4.78, 5) is 12.7. The number of methoxy groups -OCH3 is 1. The van der Waals surface area contributed by atoms with Gasteiger partial charge in [-0.05, 0) is 43.3 Å². The van der Waals surface area contributed by atoms with Crippen LogP contribution in [0, 0.1) is 6.92 Å². The van der Waals surface area contributed by atoms with Crippen molar-refractivity contribution >= 4 is 44.6 Å². The molecule has 152 valence electrons. The van der Waals surface area contributed by atoms with Crippen LogP contribution in [0.25, 0.3) is 0 Å². The highest BCUT2D eigenvalue weighted by atomic mass is 35.5. The predicted molar refractivity (Wildman–Crippen MR) is 111 cm³/mol. The molecular weight excluding hydrogens is 437 g/mol. The van der Waals surface area contributed by atoms with Gasteiger partial charge in [-0.1, -0.05) is 23.2 Å². The quantitative estimate of drug-likeness (QED) is 0.626. The molecule has 1 aromatic heterocycles. The first kappa shape index (κ1) is 21.2. The average molecular weight is 454 g/mol. The number of aromatic nitrogens is 2. The molecule has 7 nitrogen and oxygen atoms in total. The van der Waals surface area contributed by atoms with Crippen LogP contribution in [0.1, 0.15) is 16.2 Å². The maximum Gasteiger partial charge on any atom is 0.275 e. The van der Waals surface area contributed by atoms with Gasteiger partial charge in [-0.2, -0.15) is 5.10 Å². The third-order valence-electron chi connectivity index (χ3n) is 4.17. The third kappa shape index (κ3) is 4.24. The first-order chi connectivity index (χ1) is 13.6. The smallest absolute Gasteiger partial charge is 0.275 e. The molecule has 3 aromatic rings. The second-order valence-electron chi connectivity index (χ2n) is 6.18. The zero-order valence-electron chi connectivity index (χ0n) is 15.7. The van der Waals surface area contributed by atoms with Gasteiger partial charge in [-0.15, -0.1) is 0 Å². The van der Waals surface area contributed by atoms with E-state index in [1.54, 1.807) is 14.0 Å². The van der Waals surface area contributed by atoms with Crippen molar-refractivity contribution in [3.63, 3.8) is 0 Å². The minimum absolute atomic E-state index is 0.0400. The Labute approximate surface area is 178 Å². The number of benzene rings is 2. The number of sulfone groups is 1. The molecule has 0 aliphatic heterocycles. The predicted octanol–water partition coefficient (Wildman–Crippen LogP) is 4.13. The number of carbonyl (C=O) groups is 1. The number of nitrogens with zero attached hydrogens (tertiary/aromatic N) is 2. The summed E-state index contributed by atoms with van der Waals surface area (Å²) in [5, 5.41) is 7.40. The van der Waals surface area contributed by atoms with Crippen LogP contribution < -0.4 is 10.1 Å². The van der Waals surface area contributed by atoms with Crippen LogP contribution >= 0.6 is 23.2 Å². The van der Waals surface area contributed by atoms with E-state index in [-0.39, 0.29) is 31.9 Å². The first-order valence-electron chi connectivity index (χ1n) is 8.33. The molecule has 0 aliphatic carbocycles. The lowest BCUT2D eigenvalue weighted by Gasteiger charge is -2.12. The SMILES string of the molecule is COc1cc(NC(=O)c2c(Cl)c(C)nn2C)cc(S(=O)(=O)c2ccc(Cl)cc2)c1. The molecule has 10 heteroatoms. The molecule has 1 heterocycles. The zero-order chi connectivity index (χ0) is 21.3. The summed E-state index contributed by atoms with van der Waals surface area (Å²) in [6.45, 7) is 1.68. The van der Waals surface area contributed by atoms with E-state index in [0.29, 0.717) is 10.7 Å². The number of rotatable bonds is 5. The summed E-state index contributed by atoms with van der Waals surface area (Å²) >= 11 is 12.0. The van der Waals surface area contributed by atoms with E-state index in [4.69, 9.17) is 27.9 Å². The van der Waals surface area contributed by atoms with Crippen LogP contribution in [0.4, 0.5) is 5.69 Å². The molecule has 0 fully saturated rings. The molecule has 0 unspecified atom stereocenters. The van der Waals surface area contributed by atoms with Gasteiger partial charge in [-0.3, -0.25) is 9.48 Å². The minimum Gasteiger partial charge on any atom is -0.497 e. The van der Waals surface area contributed by atoms with E-state index >= 15 is 0 Å². The first-order valence-corrected chi connectivity index (χ1v) is 10.6. The van der Waals surface area contributed by atoms with Crippen molar-refractivity contribution < 1.29 is 17.9 Å². The molecule has 0 radical (unpaired) electrons. The van der Waals surface area contributed by atoms with Crippen molar-refractivity contribution in [2.24, 2.45) is 7.05 Å². The Kier molecular flexibility index (Phi) is 5.88. The topological polar surface area (TPSA) is 90.3 Å². The maximum absolute atomic E-state index is 13.0. The minimum atomic E-state index is -3.86. The average Bonchev–Trinajstić information content (AvgIpc) is 2.93. The number of halogens is 2. The summed E-state index contributed by atoms with van der Waals surface area (Å²) in [5.41, 5.74) is 0.905. The van der Waals surface area contributed by atoms with E-state index < -0.39 is 15.7 Å². The van der Waals surface area contributed by atoms with Gasteiger partial charge in [0.1, 0.15) is 11.4 Å². The van der Waals surface area contributed by atoms with Crippen LogP contribution in [0.15, 0.2) is 52.3 Å². The van der Waals surface area contributed by atoms with Gasteiger partial charge >= 0.3 is 0 Å². The van der Waals surface area contributed by atoms with E-state index in [9.17, 15) is 13.2 Å². The van der Waals surface area contributed by atoms with Gasteiger partial charge in [0.15, 0.2) is 0 Å². The number of anilines is 1. The lowest BCUT2D eigenvalue weighted by Crippen LogP contribution is -2.17. The van der Waals surface area contributed by atoms with E-state index in [1.807, 2.05) is 0 Å². The summed E-state index contributed by atoms with van der Waals surface area (Å²) in [5.74, 6) is -0.260. The van der Waals surface area contributed by atoms with Crippen molar-refractivity contribution in [1.82, 2.24) is 9.78 Å². The Morgan fingerprint density at radius 1 is 1.10 bits per heavy atom. The Morgan fingerprint density at radius 2 is 1.76 bits per heavy atom. The Hall–Kier alpha value is -2.55. The van der Waals surface area contributed by atoms with Gasteiger partial charge < -0.3 is 10.1 Å². The van der Waals surface area contributed by atoms with Gasteiger partial charge in [0.25, 0.3) is 5.91 Å². The molecule has 0 bridgehead atoms. The number of hydrogen-bond donors (Lipinski definition) is 1. The Morgan fingerprint density at radius 3 is 2.31 bits per heavy atom. The standard InChI is InChI=1S/C19H17Cl2N3O4S/c1-11-17(21)18(24(2)23-11)19(25)22-13-8-14(28-3)10-16(9-13)29(26,27)15-6-4-12(20)5-7-15/h4-10H,1-3H3,(H,22,25). The van der Waals surface area contributed by atoms with Gasteiger partial charge in [-0.25, -0.2) is 8.42 Å². The number of nitrogens with one attached hydrogen (secondary N) is 1. The van der Waals surface area contributed by atoms with Gasteiger partial charge in [0.2, 0.25) is 9.84 Å². The second-order valence-corrected chi connectivity index (χ2v) is 8.94. The summed E-state index contributed by atoms with van der Waals surface area (Å²) < 4.78 is 32.5. The number of aryl methyl sites for hydroxylation is 2. The Bertz CT molecular complexity index is 1190. The molecule has 0 saturated heterocycles. The molecule has 1 amide bonds. The van der Waals surface area contributed by atoms with Crippen LogP contribution in [0.3, 0.4) is 0 Å². The number of hydrogen-bond acceptors (Lipinski definition) is 5. The maximum atomic E-state index is 13.0. The lowest BCUT2D eigenvalue weighted by molar-refractivity contribution is 0.101. The van der Waals surface area contributed by atoms with Crippen molar-refractivity contribution in [1.29, 1.82) is 0 Å². The van der Waals surface area contributed by atoms with Crippen molar-refractivity contribution in [3.8, 4) is 5.75 Å². The fourth-order valence-electron chi connectivity index (χ4n) is 2.74. The fourth-order valence-corrected chi connectivity index (χ4v) is 4.43. The third-order valence-corrected chi connectivity index (χ3v) is 6.63. The number of carbonyl (C=O) groups excluding carboxylic acids is 1. The van der Waals surface area contributed by atoms with Crippen molar-refractivity contribution in [2.45, 2.75) is 16.7 Å². The highest BCUT2D eigenvalue weighted by molar-refractivity contribution is 7.91. The van der Waals surface area contributed by atoms with Crippen LogP contribution in [-0.2, 0) is 16.9 Å². The van der Waals surface area contributed by atoms with E-state index in [2.05, 4.69) is 10.4 Å². The highest BCUT2D eigenvalue weighted by Crippen LogP contribution is 2.30. The second kappa shape index (κ2) is 8.06. The van der Waals surface area contributed by atoms with Crippen molar-refractivity contribution in [2.75, 3.05) is 12.4 Å². The summed E-state index contributed by atoms with van der Waals surface area (Å²) in [6.07, 6.45) is 0. The molecule has 1 N–H and O–H groups in total. The van der Waals surface area contributed by atoms with Crippen LogP contribution in [0.2, 0.25) is 10.0 Å². The lowest BCUT2D eigenvalue weighted by atomic mass is 10.2. The molecule has 29 heavy (non-hydrogen) atoms. The Balaban J connectivity index is 2.01. The summed E-state index contributed by atoms with van der Waals surface area (Å²) in [7, 11) is -0.860. The number of ether oxygens (including phenoxy) is 1. The molecule has 0 atom stereocenters. The molecule has 2 aromatic carbocycles. The zero-order valence-corrected chi connectivity index (χ0v) is 18.1. The summed E-state index contributed by atoms with van der Waals surface area (Å²) in [6, 6.07) is 10.0. The van der Waals surface area contributed by atoms with E-state index in [1.165, 1.54) is 54.3 Å². The van der Waals surface area contributed by atoms with Crippen LogP contribution in [0.5, 0.6) is 5.75 Å².